The normalized spacial score (nSPS) is 15.0. The summed E-state index contributed by atoms with van der Waals surface area (Å²) in [5.74, 6) is -0.438. The number of urea groups is 1. The third-order valence-corrected chi connectivity index (χ3v) is 3.29. The fourth-order valence-corrected chi connectivity index (χ4v) is 2.21. The first-order chi connectivity index (χ1) is 9.95. The monoisotopic (exact) mass is 313 g/mol. The van der Waals surface area contributed by atoms with Crippen LogP contribution in [-0.2, 0) is 9.53 Å². The van der Waals surface area contributed by atoms with E-state index in [-0.39, 0.29) is 29.5 Å². The molecule has 8 nitrogen and oxygen atoms in total. The summed E-state index contributed by atoms with van der Waals surface area (Å²) in [6.45, 7) is 0.512. The summed E-state index contributed by atoms with van der Waals surface area (Å²) in [6, 6.07) is 3.07. The molecule has 1 heterocycles. The quantitative estimate of drug-likeness (QED) is 0.468. The van der Waals surface area contributed by atoms with Gasteiger partial charge in [-0.05, 0) is 6.07 Å². The summed E-state index contributed by atoms with van der Waals surface area (Å²) < 4.78 is 4.87. The van der Waals surface area contributed by atoms with Gasteiger partial charge in [-0.3, -0.25) is 14.9 Å². The van der Waals surface area contributed by atoms with Crippen molar-refractivity contribution in [2.24, 2.45) is 0 Å². The fraction of sp³-hybridized carbons (Fsp3) is 0.333. The average Bonchev–Trinajstić information content (AvgIpc) is 2.71. The van der Waals surface area contributed by atoms with Crippen LogP contribution in [0.1, 0.15) is 0 Å². The Bertz CT molecular complexity index is 607. The lowest BCUT2D eigenvalue weighted by atomic mass is 10.2. The Morgan fingerprint density at radius 2 is 2.14 bits per heavy atom. The zero-order valence-corrected chi connectivity index (χ0v) is 11.9. The number of methoxy groups -OCH3 is 1. The summed E-state index contributed by atoms with van der Waals surface area (Å²) in [7, 11) is 1.49. The fourth-order valence-electron chi connectivity index (χ4n) is 1.95. The first-order valence-corrected chi connectivity index (χ1v) is 6.38. The van der Waals surface area contributed by atoms with Crippen molar-refractivity contribution >= 4 is 34.9 Å². The molecule has 21 heavy (non-hydrogen) atoms. The average molecular weight is 314 g/mol. The molecule has 0 bridgehead atoms. The number of rotatable bonds is 5. The third-order valence-electron chi connectivity index (χ3n) is 2.99. The van der Waals surface area contributed by atoms with E-state index in [9.17, 15) is 19.7 Å². The van der Waals surface area contributed by atoms with Crippen LogP contribution in [0.5, 0.6) is 0 Å². The second kappa shape index (κ2) is 6.06. The number of hydrogen-bond acceptors (Lipinski definition) is 5. The van der Waals surface area contributed by atoms with Gasteiger partial charge in [0.2, 0.25) is 0 Å². The highest BCUT2D eigenvalue weighted by atomic mass is 35.5. The molecule has 3 amide bonds. The molecule has 0 unspecified atom stereocenters. The van der Waals surface area contributed by atoms with Gasteiger partial charge in [0.15, 0.2) is 0 Å². The van der Waals surface area contributed by atoms with Crippen LogP contribution in [0, 0.1) is 10.1 Å². The number of halogens is 1. The first kappa shape index (κ1) is 15.2. The van der Waals surface area contributed by atoms with Crippen molar-refractivity contribution in [2.45, 2.75) is 0 Å². The minimum atomic E-state index is -0.603. The Balaban J connectivity index is 2.27. The summed E-state index contributed by atoms with van der Waals surface area (Å²) in [4.78, 5) is 36.4. The Morgan fingerprint density at radius 3 is 2.71 bits per heavy atom. The van der Waals surface area contributed by atoms with Crippen LogP contribution in [0.4, 0.5) is 16.2 Å². The molecule has 0 spiro atoms. The van der Waals surface area contributed by atoms with Crippen LogP contribution in [0.15, 0.2) is 18.2 Å². The number of nitrogens with zero attached hydrogens (tertiary/aromatic N) is 3. The summed E-state index contributed by atoms with van der Waals surface area (Å²) in [6.07, 6.45) is 0. The largest absolute Gasteiger partial charge is 0.383 e. The third kappa shape index (κ3) is 2.96. The van der Waals surface area contributed by atoms with Crippen LogP contribution in [0.25, 0.3) is 0 Å². The zero-order valence-electron chi connectivity index (χ0n) is 11.1. The van der Waals surface area contributed by atoms with Gasteiger partial charge in [0.05, 0.1) is 22.2 Å². The van der Waals surface area contributed by atoms with Gasteiger partial charge in [0.25, 0.3) is 11.6 Å². The number of nitro groups is 1. The number of hydrogen-bond donors (Lipinski definition) is 0. The standard InChI is InChI=1S/C12H12ClN3O5/c1-21-5-4-14-7-11(17)15(12(14)18)10-3-2-8(16(19)20)6-9(10)13/h2-3,6H,4-5,7H2,1H3. The molecule has 0 saturated carbocycles. The smallest absolute Gasteiger partial charge is 0.332 e. The highest BCUT2D eigenvalue weighted by molar-refractivity contribution is 6.35. The molecule has 1 aromatic rings. The summed E-state index contributed by atoms with van der Waals surface area (Å²) >= 11 is 5.94. The maximum Gasteiger partial charge on any atom is 0.332 e. The van der Waals surface area contributed by atoms with E-state index in [1.165, 1.54) is 24.1 Å². The Labute approximate surface area is 125 Å². The zero-order chi connectivity index (χ0) is 15.6. The second-order valence-electron chi connectivity index (χ2n) is 4.32. The van der Waals surface area contributed by atoms with E-state index in [4.69, 9.17) is 16.3 Å². The first-order valence-electron chi connectivity index (χ1n) is 6.00. The lowest BCUT2D eigenvalue weighted by molar-refractivity contribution is -0.384. The van der Waals surface area contributed by atoms with Gasteiger partial charge in [-0.1, -0.05) is 11.6 Å². The number of amides is 3. The van der Waals surface area contributed by atoms with E-state index in [1.807, 2.05) is 0 Å². The molecule has 0 atom stereocenters. The molecule has 1 aliphatic rings. The maximum atomic E-state index is 12.2. The highest BCUT2D eigenvalue weighted by Gasteiger charge is 2.38. The topological polar surface area (TPSA) is 93.0 Å². The van der Waals surface area contributed by atoms with Crippen molar-refractivity contribution in [1.29, 1.82) is 0 Å². The Hall–Kier alpha value is -2.19. The van der Waals surface area contributed by atoms with Gasteiger partial charge in [-0.25, -0.2) is 9.69 Å². The van der Waals surface area contributed by atoms with Crippen molar-refractivity contribution in [3.63, 3.8) is 0 Å². The molecular formula is C12H12ClN3O5. The maximum absolute atomic E-state index is 12.2. The summed E-state index contributed by atoms with van der Waals surface area (Å²) in [5, 5.41) is 10.6. The van der Waals surface area contributed by atoms with E-state index in [1.54, 1.807) is 0 Å². The van der Waals surface area contributed by atoms with Gasteiger partial charge < -0.3 is 9.64 Å². The Kier molecular flexibility index (Phi) is 4.39. The molecule has 1 fully saturated rings. The van der Waals surface area contributed by atoms with Crippen molar-refractivity contribution in [2.75, 3.05) is 31.7 Å². The molecule has 0 aliphatic carbocycles. The van der Waals surface area contributed by atoms with E-state index in [0.717, 1.165) is 11.0 Å². The van der Waals surface area contributed by atoms with Crippen molar-refractivity contribution < 1.29 is 19.2 Å². The number of ether oxygens (including phenoxy) is 1. The number of carbonyl (C=O) groups is 2. The van der Waals surface area contributed by atoms with Crippen LogP contribution >= 0.6 is 11.6 Å². The van der Waals surface area contributed by atoms with E-state index in [2.05, 4.69) is 0 Å². The number of non-ortho nitro benzene ring substituents is 1. The molecule has 1 aromatic carbocycles. The number of benzene rings is 1. The number of anilines is 1. The summed E-state index contributed by atoms with van der Waals surface area (Å²) in [5.41, 5.74) is -0.0729. The van der Waals surface area contributed by atoms with Crippen LogP contribution in [0.2, 0.25) is 5.02 Å². The van der Waals surface area contributed by atoms with Crippen LogP contribution in [-0.4, -0.2) is 48.6 Å². The number of nitro benzene ring substituents is 1. The molecule has 2 rings (SSSR count). The predicted molar refractivity (Wildman–Crippen MR) is 74.4 cm³/mol. The van der Waals surface area contributed by atoms with Crippen molar-refractivity contribution in [3.05, 3.63) is 33.3 Å². The minimum Gasteiger partial charge on any atom is -0.383 e. The second-order valence-corrected chi connectivity index (χ2v) is 4.73. The van der Waals surface area contributed by atoms with Gasteiger partial charge in [-0.15, -0.1) is 0 Å². The predicted octanol–water partition coefficient (Wildman–Crippen LogP) is 1.66. The van der Waals surface area contributed by atoms with Gasteiger partial charge in [0, 0.05) is 25.8 Å². The molecule has 0 aromatic heterocycles. The number of imide groups is 1. The van der Waals surface area contributed by atoms with Gasteiger partial charge in [-0.2, -0.15) is 0 Å². The van der Waals surface area contributed by atoms with Crippen molar-refractivity contribution in [3.8, 4) is 0 Å². The van der Waals surface area contributed by atoms with E-state index < -0.39 is 16.9 Å². The van der Waals surface area contributed by atoms with Crippen LogP contribution in [0.3, 0.4) is 0 Å². The highest BCUT2D eigenvalue weighted by Crippen LogP contribution is 2.32. The SMILES string of the molecule is COCCN1CC(=O)N(c2ccc([N+](=O)[O-])cc2Cl)C1=O. The van der Waals surface area contributed by atoms with Crippen LogP contribution < -0.4 is 4.90 Å². The van der Waals surface area contributed by atoms with Gasteiger partial charge in [0.1, 0.15) is 6.54 Å². The van der Waals surface area contributed by atoms with E-state index >= 15 is 0 Å². The lowest BCUT2D eigenvalue weighted by Crippen LogP contribution is -2.34. The van der Waals surface area contributed by atoms with Crippen molar-refractivity contribution in [1.82, 2.24) is 4.90 Å². The lowest BCUT2D eigenvalue weighted by Gasteiger charge is -2.17. The molecule has 1 aliphatic heterocycles. The molecular weight excluding hydrogens is 302 g/mol. The molecule has 9 heteroatoms. The van der Waals surface area contributed by atoms with Gasteiger partial charge >= 0.3 is 6.03 Å². The molecule has 0 N–H and O–H groups in total. The molecule has 0 radical (unpaired) electrons. The molecule has 1 saturated heterocycles. The number of carbonyl (C=O) groups excluding carboxylic acids is 2. The minimum absolute atomic E-state index is 0.0282. The molecule has 112 valence electrons. The Morgan fingerprint density at radius 1 is 1.43 bits per heavy atom. The van der Waals surface area contributed by atoms with E-state index in [0.29, 0.717) is 6.61 Å².